The second kappa shape index (κ2) is 7.70. The quantitative estimate of drug-likeness (QED) is 0.493. The number of nitrogens with one attached hydrogen (secondary N) is 3. The molecule has 3 N–H and O–H groups in total. The molecular weight excluding hydrogens is 338 g/mol. The number of carbonyl (C=O) groups excluding carboxylic acids is 1. The van der Waals surface area contributed by atoms with Crippen LogP contribution in [0.2, 0.25) is 0 Å². The van der Waals surface area contributed by atoms with Gasteiger partial charge in [0, 0.05) is 24.4 Å². The summed E-state index contributed by atoms with van der Waals surface area (Å²) < 4.78 is 0. The molecular formula is C21H19N5O. The number of hydrogen-bond donors (Lipinski definition) is 3. The molecule has 0 saturated heterocycles. The van der Waals surface area contributed by atoms with Crippen molar-refractivity contribution in [2.45, 2.75) is 12.5 Å². The second-order valence-electron chi connectivity index (χ2n) is 6.21. The molecule has 1 amide bonds. The Hall–Kier alpha value is -3.67. The summed E-state index contributed by atoms with van der Waals surface area (Å²) >= 11 is 0. The summed E-state index contributed by atoms with van der Waals surface area (Å²) in [6.07, 6.45) is 4.06. The molecule has 0 aliphatic carbocycles. The second-order valence-corrected chi connectivity index (χ2v) is 6.21. The normalized spacial score (nSPS) is 11.9. The molecule has 0 spiro atoms. The lowest BCUT2D eigenvalue weighted by atomic mass is 10.0. The third-order valence-electron chi connectivity index (χ3n) is 4.35. The van der Waals surface area contributed by atoms with Gasteiger partial charge in [-0.2, -0.15) is 5.10 Å². The Morgan fingerprint density at radius 3 is 2.48 bits per heavy atom. The highest BCUT2D eigenvalue weighted by Crippen LogP contribution is 2.19. The number of nitrogens with zero attached hydrogens (tertiary/aromatic N) is 2. The smallest absolute Gasteiger partial charge is 0.269 e. The van der Waals surface area contributed by atoms with Crippen molar-refractivity contribution in [3.63, 3.8) is 0 Å². The molecule has 2 heterocycles. The zero-order valence-corrected chi connectivity index (χ0v) is 14.6. The van der Waals surface area contributed by atoms with Crippen LogP contribution in [0.1, 0.15) is 27.9 Å². The third kappa shape index (κ3) is 3.95. The fourth-order valence-corrected chi connectivity index (χ4v) is 2.97. The van der Waals surface area contributed by atoms with Gasteiger partial charge in [0.15, 0.2) is 0 Å². The first-order chi connectivity index (χ1) is 13.3. The highest BCUT2D eigenvalue weighted by Gasteiger charge is 2.19. The Morgan fingerprint density at radius 1 is 1.04 bits per heavy atom. The van der Waals surface area contributed by atoms with Crippen molar-refractivity contribution in [2.24, 2.45) is 0 Å². The van der Waals surface area contributed by atoms with Gasteiger partial charge in [-0.3, -0.25) is 9.89 Å². The zero-order chi connectivity index (χ0) is 18.5. The van der Waals surface area contributed by atoms with Crippen molar-refractivity contribution in [1.29, 1.82) is 0 Å². The molecule has 6 heteroatoms. The van der Waals surface area contributed by atoms with Gasteiger partial charge in [-0.1, -0.05) is 60.7 Å². The van der Waals surface area contributed by atoms with E-state index in [9.17, 15) is 4.79 Å². The summed E-state index contributed by atoms with van der Waals surface area (Å²) in [7, 11) is 0. The van der Waals surface area contributed by atoms with Crippen LogP contribution in [0, 0.1) is 0 Å². The molecule has 2 aromatic carbocycles. The van der Waals surface area contributed by atoms with Gasteiger partial charge in [0.2, 0.25) is 0 Å². The van der Waals surface area contributed by atoms with E-state index in [4.69, 9.17) is 0 Å². The summed E-state index contributed by atoms with van der Waals surface area (Å²) in [6.45, 7) is 0. The predicted octanol–water partition coefficient (Wildman–Crippen LogP) is 3.51. The number of aromatic nitrogens is 4. The van der Waals surface area contributed by atoms with E-state index in [1.54, 1.807) is 18.5 Å². The minimum absolute atomic E-state index is 0.201. The van der Waals surface area contributed by atoms with Crippen LogP contribution in [0.25, 0.3) is 11.3 Å². The number of benzene rings is 2. The summed E-state index contributed by atoms with van der Waals surface area (Å²) in [6, 6.07) is 21.2. The lowest BCUT2D eigenvalue weighted by Crippen LogP contribution is -2.30. The molecule has 6 nitrogen and oxygen atoms in total. The first-order valence-corrected chi connectivity index (χ1v) is 8.74. The van der Waals surface area contributed by atoms with E-state index in [2.05, 4.69) is 25.5 Å². The number of imidazole rings is 1. The van der Waals surface area contributed by atoms with Crippen LogP contribution >= 0.6 is 0 Å². The van der Waals surface area contributed by atoms with Crippen LogP contribution in [0.15, 0.2) is 79.1 Å². The standard InChI is InChI=1S/C21H19N5O/c27-21(19-13-18(25-26-19)16-9-5-2-6-10-16)24-17(14-20-22-11-12-23-20)15-7-3-1-4-8-15/h1-13,17H,14H2,(H,22,23)(H,24,27)(H,25,26)/t17-/m1/s1. The SMILES string of the molecule is O=C(N[C@H](Cc1ncc[nH]1)c1ccccc1)c1cc(-c2ccccc2)n[nH]1. The molecule has 27 heavy (non-hydrogen) atoms. The van der Waals surface area contributed by atoms with Crippen molar-refractivity contribution in [3.05, 3.63) is 96.2 Å². The van der Waals surface area contributed by atoms with Gasteiger partial charge in [0.25, 0.3) is 5.91 Å². The highest BCUT2D eigenvalue weighted by molar-refractivity contribution is 5.93. The van der Waals surface area contributed by atoms with Crippen LogP contribution in [-0.4, -0.2) is 26.1 Å². The molecule has 4 rings (SSSR count). The number of aromatic amines is 2. The molecule has 0 fully saturated rings. The summed E-state index contributed by atoms with van der Waals surface area (Å²) in [5.74, 6) is 0.615. The first kappa shape index (κ1) is 16.8. The molecule has 134 valence electrons. The van der Waals surface area contributed by atoms with Gasteiger partial charge in [-0.15, -0.1) is 0 Å². The molecule has 0 bridgehead atoms. The molecule has 0 aliphatic rings. The summed E-state index contributed by atoms with van der Waals surface area (Å²) in [5.41, 5.74) is 3.14. The van der Waals surface area contributed by atoms with E-state index in [-0.39, 0.29) is 11.9 Å². The Bertz CT molecular complexity index is 994. The van der Waals surface area contributed by atoms with Gasteiger partial charge in [0.1, 0.15) is 11.5 Å². The van der Waals surface area contributed by atoms with Crippen LogP contribution in [0.3, 0.4) is 0 Å². The lowest BCUT2D eigenvalue weighted by molar-refractivity contribution is 0.0931. The Morgan fingerprint density at radius 2 is 1.78 bits per heavy atom. The fourth-order valence-electron chi connectivity index (χ4n) is 2.97. The summed E-state index contributed by atoms with van der Waals surface area (Å²) in [4.78, 5) is 20.2. The van der Waals surface area contributed by atoms with E-state index in [0.29, 0.717) is 12.1 Å². The number of amides is 1. The molecule has 0 saturated carbocycles. The number of carbonyl (C=O) groups is 1. The maximum absolute atomic E-state index is 12.8. The van der Waals surface area contributed by atoms with Gasteiger partial charge in [-0.05, 0) is 11.6 Å². The van der Waals surface area contributed by atoms with Gasteiger partial charge in [-0.25, -0.2) is 4.98 Å². The average molecular weight is 357 g/mol. The van der Waals surface area contributed by atoms with E-state index in [1.807, 2.05) is 60.7 Å². The van der Waals surface area contributed by atoms with Crippen molar-refractivity contribution < 1.29 is 4.79 Å². The van der Waals surface area contributed by atoms with Crippen LogP contribution in [-0.2, 0) is 6.42 Å². The minimum Gasteiger partial charge on any atom is -0.349 e. The third-order valence-corrected chi connectivity index (χ3v) is 4.35. The number of hydrogen-bond acceptors (Lipinski definition) is 3. The first-order valence-electron chi connectivity index (χ1n) is 8.74. The van der Waals surface area contributed by atoms with Crippen molar-refractivity contribution in [2.75, 3.05) is 0 Å². The topological polar surface area (TPSA) is 86.5 Å². The van der Waals surface area contributed by atoms with Crippen molar-refractivity contribution in [3.8, 4) is 11.3 Å². The maximum Gasteiger partial charge on any atom is 0.269 e. The Labute approximate surface area is 156 Å². The molecule has 0 aliphatic heterocycles. The average Bonchev–Trinajstić information content (AvgIpc) is 3.41. The largest absolute Gasteiger partial charge is 0.349 e. The lowest BCUT2D eigenvalue weighted by Gasteiger charge is -2.18. The minimum atomic E-state index is -0.204. The van der Waals surface area contributed by atoms with Crippen LogP contribution in [0.4, 0.5) is 0 Å². The zero-order valence-electron chi connectivity index (χ0n) is 14.6. The number of rotatable bonds is 6. The van der Waals surface area contributed by atoms with E-state index >= 15 is 0 Å². The van der Waals surface area contributed by atoms with E-state index in [0.717, 1.165) is 22.6 Å². The number of H-pyrrole nitrogens is 2. The maximum atomic E-state index is 12.8. The molecule has 0 radical (unpaired) electrons. The van der Waals surface area contributed by atoms with Crippen molar-refractivity contribution >= 4 is 5.91 Å². The van der Waals surface area contributed by atoms with Crippen molar-refractivity contribution in [1.82, 2.24) is 25.5 Å². The molecule has 0 unspecified atom stereocenters. The molecule has 4 aromatic rings. The van der Waals surface area contributed by atoms with Gasteiger partial charge >= 0.3 is 0 Å². The highest BCUT2D eigenvalue weighted by atomic mass is 16.2. The Balaban J connectivity index is 1.54. The predicted molar refractivity (Wildman–Crippen MR) is 103 cm³/mol. The Kier molecular flexibility index (Phi) is 4.78. The molecule has 1 atom stereocenters. The van der Waals surface area contributed by atoms with E-state index in [1.165, 1.54) is 0 Å². The summed E-state index contributed by atoms with van der Waals surface area (Å²) in [5, 5.41) is 10.2. The molecule has 2 aromatic heterocycles. The van der Waals surface area contributed by atoms with Crippen LogP contribution < -0.4 is 5.32 Å². The fraction of sp³-hybridized carbons (Fsp3) is 0.0952. The van der Waals surface area contributed by atoms with Gasteiger partial charge in [0.05, 0.1) is 11.7 Å². The van der Waals surface area contributed by atoms with Crippen LogP contribution in [0.5, 0.6) is 0 Å². The van der Waals surface area contributed by atoms with Gasteiger partial charge < -0.3 is 10.3 Å². The monoisotopic (exact) mass is 357 g/mol. The van der Waals surface area contributed by atoms with E-state index < -0.39 is 0 Å².